The van der Waals surface area contributed by atoms with Gasteiger partial charge in [-0.3, -0.25) is 4.79 Å². The highest BCUT2D eigenvalue weighted by Crippen LogP contribution is 2.34. The molecule has 0 bridgehead atoms. The van der Waals surface area contributed by atoms with E-state index in [1.54, 1.807) is 7.11 Å². The molecule has 1 aromatic rings. The number of unbranched alkanes of at least 4 members (excludes halogenated alkanes) is 3. The fourth-order valence-electron chi connectivity index (χ4n) is 2.16. The van der Waals surface area contributed by atoms with Crippen LogP contribution in [-0.2, 0) is 13.9 Å². The molecule has 0 aliphatic carbocycles. The number of ether oxygens (including phenoxy) is 1. The van der Waals surface area contributed by atoms with Crippen molar-refractivity contribution >= 4 is 40.0 Å². The van der Waals surface area contributed by atoms with Gasteiger partial charge in [0, 0.05) is 22.5 Å². The number of nitrogens with zero attached hydrogens (tertiary/aromatic N) is 1. The second-order valence-corrected chi connectivity index (χ2v) is 6.85. The molecule has 8 heteroatoms. The summed E-state index contributed by atoms with van der Waals surface area (Å²) in [4.78, 5) is 16.0. The minimum Gasteiger partial charge on any atom is -0.496 e. The van der Waals surface area contributed by atoms with E-state index < -0.39 is 5.97 Å². The molecule has 0 amide bonds. The quantitative estimate of drug-likeness (QED) is 0.464. The Morgan fingerprint density at radius 3 is 2.92 bits per heavy atom. The van der Waals surface area contributed by atoms with Gasteiger partial charge >= 0.3 is 5.97 Å². The zero-order valence-corrected chi connectivity index (χ0v) is 15.8. The Hall–Kier alpha value is -1.22. The summed E-state index contributed by atoms with van der Waals surface area (Å²) in [6.45, 7) is 0.632. The van der Waals surface area contributed by atoms with E-state index in [1.807, 2.05) is 24.3 Å². The van der Waals surface area contributed by atoms with Crippen LogP contribution >= 0.6 is 28.0 Å². The van der Waals surface area contributed by atoms with Gasteiger partial charge < -0.3 is 14.7 Å². The van der Waals surface area contributed by atoms with E-state index in [4.69, 9.17) is 19.0 Å². The number of carbonyl (C=O) groups is 1. The van der Waals surface area contributed by atoms with Gasteiger partial charge in [0.1, 0.15) is 5.75 Å². The third-order valence-electron chi connectivity index (χ3n) is 3.34. The van der Waals surface area contributed by atoms with Crippen LogP contribution in [0, 0.1) is 0 Å². The van der Waals surface area contributed by atoms with E-state index in [-0.39, 0.29) is 6.42 Å². The highest BCUT2D eigenvalue weighted by Gasteiger charge is 2.21. The number of carboxylic acids is 1. The summed E-state index contributed by atoms with van der Waals surface area (Å²) in [7, 11) is 1.63. The van der Waals surface area contributed by atoms with Crippen molar-refractivity contribution in [3.05, 3.63) is 33.3 Å². The summed E-state index contributed by atoms with van der Waals surface area (Å²) < 4.78 is 11.7. The number of aliphatic carboxylic acids is 1. The summed E-state index contributed by atoms with van der Waals surface area (Å²) in [5.74, 6) is 0.0159. The SMILES string of the molecule is COc1ccc(Br)cc1C=C1ON(CCCCCCC(=O)O)OS1. The van der Waals surface area contributed by atoms with Crippen molar-refractivity contribution in [2.75, 3.05) is 13.7 Å². The van der Waals surface area contributed by atoms with E-state index >= 15 is 0 Å². The molecule has 2 rings (SSSR count). The Kier molecular flexibility index (Phi) is 7.90. The molecule has 1 aromatic carbocycles. The maximum atomic E-state index is 10.4. The van der Waals surface area contributed by atoms with Gasteiger partial charge in [0.05, 0.1) is 25.7 Å². The molecule has 1 aliphatic rings. The summed E-state index contributed by atoms with van der Waals surface area (Å²) in [5.41, 5.74) is 0.897. The van der Waals surface area contributed by atoms with E-state index in [2.05, 4.69) is 15.9 Å². The highest BCUT2D eigenvalue weighted by atomic mass is 79.9. The van der Waals surface area contributed by atoms with Crippen LogP contribution in [-0.4, -0.2) is 30.0 Å². The summed E-state index contributed by atoms with van der Waals surface area (Å²) in [6, 6.07) is 5.74. The van der Waals surface area contributed by atoms with Gasteiger partial charge in [-0.25, -0.2) is 0 Å². The first-order valence-corrected chi connectivity index (χ1v) is 9.19. The van der Waals surface area contributed by atoms with Crippen LogP contribution in [0.15, 0.2) is 27.8 Å². The Labute approximate surface area is 154 Å². The molecular formula is C16H20BrNO5S. The minimum atomic E-state index is -0.740. The van der Waals surface area contributed by atoms with Gasteiger partial charge in [-0.15, -0.1) is 0 Å². The Bertz CT molecular complexity index is 596. The lowest BCUT2D eigenvalue weighted by Crippen LogP contribution is -2.16. The normalized spacial score (nSPS) is 16.3. The maximum Gasteiger partial charge on any atom is 0.303 e. The number of hydrogen-bond acceptors (Lipinski definition) is 6. The molecule has 1 N–H and O–H groups in total. The molecule has 0 saturated carbocycles. The van der Waals surface area contributed by atoms with E-state index in [9.17, 15) is 4.79 Å². The van der Waals surface area contributed by atoms with Crippen molar-refractivity contribution in [2.24, 2.45) is 0 Å². The van der Waals surface area contributed by atoms with Crippen molar-refractivity contribution in [3.63, 3.8) is 0 Å². The third-order valence-corrected chi connectivity index (χ3v) is 4.43. The van der Waals surface area contributed by atoms with Crippen LogP contribution in [0.3, 0.4) is 0 Å². The predicted octanol–water partition coefficient (Wildman–Crippen LogP) is 4.62. The lowest BCUT2D eigenvalue weighted by molar-refractivity contribution is -0.259. The predicted molar refractivity (Wildman–Crippen MR) is 95.9 cm³/mol. The number of benzene rings is 1. The topological polar surface area (TPSA) is 68.2 Å². The summed E-state index contributed by atoms with van der Waals surface area (Å²) >= 11 is 4.60. The van der Waals surface area contributed by atoms with Gasteiger partial charge in [-0.1, -0.05) is 28.8 Å². The van der Waals surface area contributed by atoms with Crippen molar-refractivity contribution in [2.45, 2.75) is 32.1 Å². The molecule has 0 aromatic heterocycles. The largest absolute Gasteiger partial charge is 0.496 e. The fraction of sp³-hybridized carbons (Fsp3) is 0.438. The first-order valence-electron chi connectivity index (χ1n) is 7.65. The lowest BCUT2D eigenvalue weighted by Gasteiger charge is -2.10. The molecular weight excluding hydrogens is 398 g/mol. The van der Waals surface area contributed by atoms with Gasteiger partial charge in [0.25, 0.3) is 0 Å². The van der Waals surface area contributed by atoms with Gasteiger partial charge in [-0.05, 0) is 36.3 Å². The zero-order chi connectivity index (χ0) is 17.4. The van der Waals surface area contributed by atoms with Crippen molar-refractivity contribution in [1.82, 2.24) is 5.23 Å². The van der Waals surface area contributed by atoms with Crippen LogP contribution in [0.25, 0.3) is 6.08 Å². The number of halogens is 1. The van der Waals surface area contributed by atoms with E-state index in [0.717, 1.165) is 47.1 Å². The van der Waals surface area contributed by atoms with E-state index in [1.165, 1.54) is 5.23 Å². The second-order valence-electron chi connectivity index (χ2n) is 5.21. The van der Waals surface area contributed by atoms with Crippen LogP contribution in [0.2, 0.25) is 0 Å². The zero-order valence-electron chi connectivity index (χ0n) is 13.4. The number of hydrogen-bond donors (Lipinski definition) is 1. The third kappa shape index (κ3) is 6.35. The average Bonchev–Trinajstić information content (AvgIpc) is 2.98. The van der Waals surface area contributed by atoms with Gasteiger partial charge in [0.15, 0.2) is 0 Å². The molecule has 132 valence electrons. The lowest BCUT2D eigenvalue weighted by atomic mass is 10.1. The number of rotatable bonds is 9. The highest BCUT2D eigenvalue weighted by molar-refractivity contribution is 9.10. The molecule has 1 saturated heterocycles. The van der Waals surface area contributed by atoms with Crippen LogP contribution in [0.1, 0.15) is 37.7 Å². The fourth-order valence-corrected chi connectivity index (χ4v) is 3.09. The van der Waals surface area contributed by atoms with Crippen LogP contribution in [0.4, 0.5) is 0 Å². The van der Waals surface area contributed by atoms with E-state index in [0.29, 0.717) is 18.1 Å². The first-order chi connectivity index (χ1) is 11.6. The Morgan fingerprint density at radius 2 is 2.17 bits per heavy atom. The number of hydroxylamine groups is 2. The van der Waals surface area contributed by atoms with Gasteiger partial charge in [-0.2, -0.15) is 4.28 Å². The molecule has 0 atom stereocenters. The summed E-state index contributed by atoms with van der Waals surface area (Å²) in [6.07, 6.45) is 5.52. The Balaban J connectivity index is 1.76. The number of carboxylic acid groups (broad SMARTS) is 1. The van der Waals surface area contributed by atoms with Crippen LogP contribution in [0.5, 0.6) is 5.75 Å². The maximum absolute atomic E-state index is 10.4. The van der Waals surface area contributed by atoms with Crippen molar-refractivity contribution in [3.8, 4) is 5.75 Å². The molecule has 0 radical (unpaired) electrons. The average molecular weight is 418 g/mol. The standard InChI is InChI=1S/C16H20BrNO5S/c1-21-14-8-7-13(17)10-12(14)11-16-22-18(23-24-16)9-5-3-2-4-6-15(19)20/h7-8,10-11H,2-6,9H2,1H3,(H,19,20). The molecule has 1 aliphatic heterocycles. The Morgan fingerprint density at radius 1 is 1.38 bits per heavy atom. The molecule has 0 spiro atoms. The molecule has 6 nitrogen and oxygen atoms in total. The molecule has 1 heterocycles. The van der Waals surface area contributed by atoms with Crippen molar-refractivity contribution in [1.29, 1.82) is 0 Å². The summed E-state index contributed by atoms with van der Waals surface area (Å²) in [5, 5.41) is 10.7. The van der Waals surface area contributed by atoms with Gasteiger partial charge in [0.2, 0.25) is 5.09 Å². The van der Waals surface area contributed by atoms with Crippen LogP contribution < -0.4 is 4.74 Å². The molecule has 1 fully saturated rings. The smallest absolute Gasteiger partial charge is 0.303 e. The second kappa shape index (κ2) is 9.93. The first kappa shape index (κ1) is 19.1. The molecule has 24 heavy (non-hydrogen) atoms. The molecule has 0 unspecified atom stereocenters. The monoisotopic (exact) mass is 417 g/mol. The van der Waals surface area contributed by atoms with Crippen molar-refractivity contribution < 1.29 is 23.8 Å². The minimum absolute atomic E-state index is 0.230. The number of methoxy groups -OCH3 is 1.